The molecule has 5 nitrogen and oxygen atoms in total. The summed E-state index contributed by atoms with van der Waals surface area (Å²) in [7, 11) is 0. The van der Waals surface area contributed by atoms with Crippen LogP contribution in [0.1, 0.15) is 20.8 Å². The van der Waals surface area contributed by atoms with Crippen molar-refractivity contribution in [1.82, 2.24) is 0 Å². The molecule has 0 aliphatic carbocycles. The summed E-state index contributed by atoms with van der Waals surface area (Å²) in [5, 5.41) is 9.71. The quantitative estimate of drug-likeness (QED) is 0.643. The van der Waals surface area contributed by atoms with Crippen LogP contribution in [-0.4, -0.2) is 17.0 Å². The summed E-state index contributed by atoms with van der Waals surface area (Å²) in [4.78, 5) is 22.1. The van der Waals surface area contributed by atoms with Crippen LogP contribution in [0.3, 0.4) is 0 Å². The van der Waals surface area contributed by atoms with Crippen molar-refractivity contribution in [3.8, 4) is 17.2 Å². The molecule has 1 aromatic rings. The maximum absolute atomic E-state index is 11.4. The molecule has 0 spiro atoms. The maximum Gasteiger partial charge on any atom is 0.313 e. The summed E-state index contributed by atoms with van der Waals surface area (Å²) in [6.45, 7) is 4.57. The molecular formula is C12H14O5. The Morgan fingerprint density at radius 2 is 1.71 bits per heavy atom. The first-order chi connectivity index (χ1) is 7.91. The van der Waals surface area contributed by atoms with E-state index in [1.165, 1.54) is 25.1 Å². The third-order valence-electron chi connectivity index (χ3n) is 1.90. The van der Waals surface area contributed by atoms with Crippen LogP contribution in [0.15, 0.2) is 18.2 Å². The molecule has 0 saturated heterocycles. The molecule has 0 saturated carbocycles. The molecular weight excluding hydrogens is 224 g/mol. The lowest BCUT2D eigenvalue weighted by atomic mass is 10.2. The van der Waals surface area contributed by atoms with Crippen molar-refractivity contribution in [2.45, 2.75) is 20.8 Å². The monoisotopic (exact) mass is 238 g/mol. The van der Waals surface area contributed by atoms with Gasteiger partial charge in [0.2, 0.25) is 5.75 Å². The number of para-hydroxylation sites is 1. The van der Waals surface area contributed by atoms with Crippen molar-refractivity contribution in [2.24, 2.45) is 5.92 Å². The van der Waals surface area contributed by atoms with Crippen molar-refractivity contribution in [1.29, 1.82) is 0 Å². The predicted molar refractivity (Wildman–Crippen MR) is 59.9 cm³/mol. The minimum absolute atomic E-state index is 0.0255. The Morgan fingerprint density at radius 1 is 1.18 bits per heavy atom. The van der Waals surface area contributed by atoms with Gasteiger partial charge in [-0.1, -0.05) is 19.9 Å². The summed E-state index contributed by atoms with van der Waals surface area (Å²) in [6.07, 6.45) is 0. The van der Waals surface area contributed by atoms with Gasteiger partial charge in [0.15, 0.2) is 11.5 Å². The fraction of sp³-hybridized carbons (Fsp3) is 0.333. The number of phenols is 1. The van der Waals surface area contributed by atoms with Gasteiger partial charge in [0.25, 0.3) is 0 Å². The second kappa shape index (κ2) is 5.34. The largest absolute Gasteiger partial charge is 0.502 e. The number of rotatable bonds is 3. The Balaban J connectivity index is 2.94. The van der Waals surface area contributed by atoms with E-state index >= 15 is 0 Å². The van der Waals surface area contributed by atoms with Gasteiger partial charge in [0, 0.05) is 6.92 Å². The van der Waals surface area contributed by atoms with E-state index in [0.29, 0.717) is 0 Å². The zero-order chi connectivity index (χ0) is 13.0. The SMILES string of the molecule is CC(=O)Oc1cccc(OC(=O)C(C)C)c1O. The Hall–Kier alpha value is -2.04. The number of carbonyl (C=O) groups excluding carboxylic acids is 2. The number of hydrogen-bond donors (Lipinski definition) is 1. The number of carbonyl (C=O) groups is 2. The first kappa shape index (κ1) is 13.0. The lowest BCUT2D eigenvalue weighted by molar-refractivity contribution is -0.137. The maximum atomic E-state index is 11.4. The third kappa shape index (κ3) is 3.48. The van der Waals surface area contributed by atoms with Crippen LogP contribution in [0.4, 0.5) is 0 Å². The van der Waals surface area contributed by atoms with Crippen LogP contribution in [0.5, 0.6) is 17.2 Å². The van der Waals surface area contributed by atoms with Gasteiger partial charge in [-0.25, -0.2) is 0 Å². The summed E-state index contributed by atoms with van der Waals surface area (Å²) < 4.78 is 9.70. The average Bonchev–Trinajstić information content (AvgIpc) is 2.23. The van der Waals surface area contributed by atoms with E-state index in [-0.39, 0.29) is 23.2 Å². The fourth-order valence-electron chi connectivity index (χ4n) is 1.05. The Morgan fingerprint density at radius 3 is 2.18 bits per heavy atom. The molecule has 5 heteroatoms. The molecule has 0 atom stereocenters. The number of hydrogen-bond acceptors (Lipinski definition) is 5. The van der Waals surface area contributed by atoms with Crippen LogP contribution in [0.2, 0.25) is 0 Å². The van der Waals surface area contributed by atoms with E-state index in [1.54, 1.807) is 13.8 Å². The second-order valence-electron chi connectivity index (χ2n) is 3.77. The molecule has 92 valence electrons. The van der Waals surface area contributed by atoms with Gasteiger partial charge in [-0.05, 0) is 12.1 Å². The lowest BCUT2D eigenvalue weighted by Gasteiger charge is -2.10. The molecule has 0 bridgehead atoms. The molecule has 17 heavy (non-hydrogen) atoms. The van der Waals surface area contributed by atoms with Gasteiger partial charge in [-0.15, -0.1) is 0 Å². The molecule has 0 amide bonds. The zero-order valence-corrected chi connectivity index (χ0v) is 9.89. The van der Waals surface area contributed by atoms with Crippen molar-refractivity contribution in [3.63, 3.8) is 0 Å². The van der Waals surface area contributed by atoms with Gasteiger partial charge < -0.3 is 14.6 Å². The van der Waals surface area contributed by atoms with E-state index in [2.05, 4.69) is 0 Å². The van der Waals surface area contributed by atoms with E-state index in [9.17, 15) is 14.7 Å². The summed E-state index contributed by atoms with van der Waals surface area (Å²) >= 11 is 0. The molecule has 0 unspecified atom stereocenters. The Labute approximate surface area is 99.0 Å². The number of esters is 2. The third-order valence-corrected chi connectivity index (χ3v) is 1.90. The van der Waals surface area contributed by atoms with Crippen LogP contribution < -0.4 is 9.47 Å². The number of ether oxygens (including phenoxy) is 2. The molecule has 0 aromatic heterocycles. The average molecular weight is 238 g/mol. The smallest absolute Gasteiger partial charge is 0.313 e. The first-order valence-corrected chi connectivity index (χ1v) is 5.14. The minimum atomic E-state index is -0.562. The van der Waals surface area contributed by atoms with Crippen molar-refractivity contribution >= 4 is 11.9 Å². The topological polar surface area (TPSA) is 72.8 Å². The van der Waals surface area contributed by atoms with E-state index in [4.69, 9.17) is 9.47 Å². The Bertz CT molecular complexity index is 437. The van der Waals surface area contributed by atoms with Crippen molar-refractivity contribution < 1.29 is 24.2 Å². The van der Waals surface area contributed by atoms with Crippen LogP contribution in [-0.2, 0) is 9.59 Å². The van der Waals surface area contributed by atoms with Gasteiger partial charge >= 0.3 is 11.9 Å². The predicted octanol–water partition coefficient (Wildman–Crippen LogP) is 1.88. The molecule has 1 rings (SSSR count). The van der Waals surface area contributed by atoms with Crippen LogP contribution in [0, 0.1) is 5.92 Å². The Kier molecular flexibility index (Phi) is 4.09. The number of phenolic OH excluding ortho intramolecular Hbond substituents is 1. The molecule has 1 N–H and O–H groups in total. The molecule has 0 heterocycles. The molecule has 0 fully saturated rings. The van der Waals surface area contributed by atoms with Gasteiger partial charge in [0.05, 0.1) is 5.92 Å². The van der Waals surface area contributed by atoms with E-state index in [1.807, 2.05) is 0 Å². The highest BCUT2D eigenvalue weighted by molar-refractivity contribution is 5.76. The van der Waals surface area contributed by atoms with Gasteiger partial charge in [-0.3, -0.25) is 9.59 Å². The summed E-state index contributed by atoms with van der Waals surface area (Å²) in [6, 6.07) is 4.34. The van der Waals surface area contributed by atoms with E-state index < -0.39 is 11.9 Å². The standard InChI is InChI=1S/C12H14O5/c1-7(2)12(15)17-10-6-4-5-9(11(10)14)16-8(3)13/h4-7,14H,1-3H3. The summed E-state index contributed by atoms with van der Waals surface area (Å²) in [5.74, 6) is -1.77. The zero-order valence-electron chi connectivity index (χ0n) is 9.89. The second-order valence-corrected chi connectivity index (χ2v) is 3.77. The normalized spacial score (nSPS) is 10.1. The number of aromatic hydroxyl groups is 1. The van der Waals surface area contributed by atoms with Gasteiger partial charge in [-0.2, -0.15) is 0 Å². The molecule has 0 radical (unpaired) electrons. The van der Waals surface area contributed by atoms with Crippen LogP contribution in [0.25, 0.3) is 0 Å². The van der Waals surface area contributed by atoms with Crippen molar-refractivity contribution in [3.05, 3.63) is 18.2 Å². The van der Waals surface area contributed by atoms with Crippen molar-refractivity contribution in [2.75, 3.05) is 0 Å². The highest BCUT2D eigenvalue weighted by Gasteiger charge is 2.16. The van der Waals surface area contributed by atoms with Crippen LogP contribution >= 0.6 is 0 Å². The summed E-state index contributed by atoms with van der Waals surface area (Å²) in [5.41, 5.74) is 0. The highest BCUT2D eigenvalue weighted by atomic mass is 16.6. The highest BCUT2D eigenvalue weighted by Crippen LogP contribution is 2.36. The first-order valence-electron chi connectivity index (χ1n) is 5.14. The lowest BCUT2D eigenvalue weighted by Crippen LogP contribution is -2.15. The molecule has 0 aliphatic rings. The number of benzene rings is 1. The van der Waals surface area contributed by atoms with Gasteiger partial charge in [0.1, 0.15) is 0 Å². The minimum Gasteiger partial charge on any atom is -0.502 e. The fourth-order valence-corrected chi connectivity index (χ4v) is 1.05. The van der Waals surface area contributed by atoms with E-state index in [0.717, 1.165) is 0 Å². The molecule has 1 aromatic carbocycles. The molecule has 0 aliphatic heterocycles.